The van der Waals surface area contributed by atoms with Crippen molar-refractivity contribution < 1.29 is 13.7 Å². The number of aromatic nitrogens is 2. The Morgan fingerprint density at radius 1 is 1.00 bits per heavy atom. The fourth-order valence-corrected chi connectivity index (χ4v) is 1.99. The van der Waals surface area contributed by atoms with Crippen molar-refractivity contribution in [1.29, 1.82) is 0 Å². The van der Waals surface area contributed by atoms with E-state index in [1.807, 2.05) is 39.8 Å². The van der Waals surface area contributed by atoms with Crippen molar-refractivity contribution >= 4 is 12.7 Å². The van der Waals surface area contributed by atoms with Crippen LogP contribution in [-0.2, 0) is 9.31 Å². The highest BCUT2D eigenvalue weighted by Gasteiger charge is 2.52. The summed E-state index contributed by atoms with van der Waals surface area (Å²) >= 11 is 0. The second-order valence-electron chi connectivity index (χ2n) is 5.90. The Bertz CT molecular complexity index is 594. The number of hydrogen-bond acceptors (Lipinski definition) is 5. The summed E-state index contributed by atoms with van der Waals surface area (Å²) in [6, 6.07) is 3.69. The Hall–Kier alpha value is -1.66. The van der Waals surface area contributed by atoms with Gasteiger partial charge in [0.15, 0.2) is 0 Å². The molecule has 0 amide bonds. The van der Waals surface area contributed by atoms with Gasteiger partial charge in [0, 0.05) is 18.0 Å². The molecular formula is C14H17BN2O3. The van der Waals surface area contributed by atoms with Crippen LogP contribution in [0.4, 0.5) is 0 Å². The van der Waals surface area contributed by atoms with Gasteiger partial charge < -0.3 is 13.7 Å². The van der Waals surface area contributed by atoms with E-state index < -0.39 is 7.12 Å². The molecule has 0 aliphatic carbocycles. The monoisotopic (exact) mass is 272 g/mol. The average Bonchev–Trinajstić information content (AvgIpc) is 2.94. The summed E-state index contributed by atoms with van der Waals surface area (Å²) < 4.78 is 17.4. The molecule has 1 fully saturated rings. The molecule has 3 rings (SSSR count). The topological polar surface area (TPSA) is 57.4 Å². The van der Waals surface area contributed by atoms with Crippen LogP contribution in [-0.4, -0.2) is 28.3 Å². The van der Waals surface area contributed by atoms with E-state index in [9.17, 15) is 0 Å². The van der Waals surface area contributed by atoms with Crippen LogP contribution in [0.3, 0.4) is 0 Å². The van der Waals surface area contributed by atoms with Gasteiger partial charge in [-0.05, 0) is 39.8 Å². The van der Waals surface area contributed by atoms with Crippen LogP contribution >= 0.6 is 0 Å². The van der Waals surface area contributed by atoms with E-state index in [1.165, 1.54) is 0 Å². The van der Waals surface area contributed by atoms with Gasteiger partial charge in [0.05, 0.1) is 11.2 Å². The van der Waals surface area contributed by atoms with Crippen LogP contribution in [0.25, 0.3) is 11.5 Å². The Morgan fingerprint density at radius 2 is 1.60 bits per heavy atom. The minimum atomic E-state index is -0.501. The predicted octanol–water partition coefficient (Wildman–Crippen LogP) is 2.04. The van der Waals surface area contributed by atoms with Gasteiger partial charge in [0.25, 0.3) is 0 Å². The molecule has 0 saturated carbocycles. The van der Waals surface area contributed by atoms with Crippen molar-refractivity contribution in [2.75, 3.05) is 0 Å². The average molecular weight is 272 g/mol. The lowest BCUT2D eigenvalue weighted by Crippen LogP contribution is -2.41. The van der Waals surface area contributed by atoms with Crippen molar-refractivity contribution in [2.24, 2.45) is 0 Å². The molecule has 0 spiro atoms. The van der Waals surface area contributed by atoms with Crippen LogP contribution < -0.4 is 5.59 Å². The van der Waals surface area contributed by atoms with Crippen molar-refractivity contribution in [3.8, 4) is 11.5 Å². The minimum absolute atomic E-state index is 0.382. The summed E-state index contributed by atoms with van der Waals surface area (Å²) in [5.41, 5.74) is 0.763. The van der Waals surface area contributed by atoms with E-state index in [2.05, 4.69) is 9.97 Å². The van der Waals surface area contributed by atoms with Crippen molar-refractivity contribution in [2.45, 2.75) is 38.9 Å². The van der Waals surface area contributed by atoms with Gasteiger partial charge in [0.2, 0.25) is 5.89 Å². The number of pyridine rings is 1. The Labute approximate surface area is 118 Å². The molecule has 0 aromatic carbocycles. The molecule has 3 heterocycles. The molecule has 104 valence electrons. The fraction of sp³-hybridized carbons (Fsp3) is 0.429. The van der Waals surface area contributed by atoms with E-state index >= 15 is 0 Å². The molecule has 5 nitrogen and oxygen atoms in total. The van der Waals surface area contributed by atoms with E-state index in [0.29, 0.717) is 11.5 Å². The molecule has 1 aliphatic heterocycles. The Balaban J connectivity index is 1.86. The summed E-state index contributed by atoms with van der Waals surface area (Å²) in [4.78, 5) is 8.42. The number of oxazole rings is 1. The van der Waals surface area contributed by atoms with Gasteiger partial charge in [-0.2, -0.15) is 0 Å². The number of hydrogen-bond donors (Lipinski definition) is 0. The van der Waals surface area contributed by atoms with E-state index in [4.69, 9.17) is 13.7 Å². The fourth-order valence-electron chi connectivity index (χ4n) is 1.99. The third-order valence-corrected chi connectivity index (χ3v) is 3.94. The molecule has 0 N–H and O–H groups in total. The lowest BCUT2D eigenvalue weighted by molar-refractivity contribution is 0.00578. The van der Waals surface area contributed by atoms with Crippen LogP contribution in [0.1, 0.15) is 27.7 Å². The van der Waals surface area contributed by atoms with Gasteiger partial charge in [-0.3, -0.25) is 4.98 Å². The van der Waals surface area contributed by atoms with Crippen molar-refractivity contribution in [3.05, 3.63) is 30.8 Å². The molecule has 0 bridgehead atoms. The molecule has 1 saturated heterocycles. The largest absolute Gasteiger partial charge is 0.517 e. The van der Waals surface area contributed by atoms with E-state index in [-0.39, 0.29) is 11.2 Å². The zero-order valence-electron chi connectivity index (χ0n) is 12.1. The van der Waals surface area contributed by atoms with Crippen LogP contribution in [0.15, 0.2) is 35.2 Å². The van der Waals surface area contributed by atoms with Crippen molar-refractivity contribution in [1.82, 2.24) is 9.97 Å². The second kappa shape index (κ2) is 4.43. The highest BCUT2D eigenvalue weighted by Crippen LogP contribution is 2.36. The standard InChI is InChI=1S/C14H17BN2O3/c1-13(2)14(3,4)20-15(19-13)11-9-18-12(17-11)10-5-7-16-8-6-10/h5-9H,1-4H3. The molecule has 20 heavy (non-hydrogen) atoms. The molecule has 2 aromatic heterocycles. The quantitative estimate of drug-likeness (QED) is 0.783. The van der Waals surface area contributed by atoms with E-state index in [1.54, 1.807) is 18.7 Å². The van der Waals surface area contributed by atoms with Crippen LogP contribution in [0.5, 0.6) is 0 Å². The van der Waals surface area contributed by atoms with E-state index in [0.717, 1.165) is 5.56 Å². The highest BCUT2D eigenvalue weighted by atomic mass is 16.7. The molecule has 1 aliphatic rings. The summed E-state index contributed by atoms with van der Waals surface area (Å²) in [6.07, 6.45) is 4.99. The van der Waals surface area contributed by atoms with Crippen LogP contribution in [0, 0.1) is 0 Å². The Morgan fingerprint density at radius 3 is 2.20 bits per heavy atom. The van der Waals surface area contributed by atoms with Gasteiger partial charge in [0.1, 0.15) is 11.9 Å². The zero-order chi connectivity index (χ0) is 14.4. The lowest BCUT2D eigenvalue weighted by atomic mass is 9.86. The lowest BCUT2D eigenvalue weighted by Gasteiger charge is -2.32. The first-order valence-electron chi connectivity index (χ1n) is 6.60. The predicted molar refractivity (Wildman–Crippen MR) is 75.5 cm³/mol. The second-order valence-corrected chi connectivity index (χ2v) is 5.90. The first-order chi connectivity index (χ1) is 9.39. The molecular weight excluding hydrogens is 255 g/mol. The normalized spacial score (nSPS) is 20.3. The smallest absolute Gasteiger partial charge is 0.445 e. The molecule has 2 aromatic rings. The van der Waals surface area contributed by atoms with Gasteiger partial charge in [-0.25, -0.2) is 4.98 Å². The Kier molecular flexibility index (Phi) is 2.95. The molecule has 0 radical (unpaired) electrons. The number of rotatable bonds is 2. The summed E-state index contributed by atoms with van der Waals surface area (Å²) in [5.74, 6) is 0.539. The minimum Gasteiger partial charge on any atom is -0.445 e. The highest BCUT2D eigenvalue weighted by molar-refractivity contribution is 6.61. The molecule has 6 heteroatoms. The third kappa shape index (κ3) is 2.15. The third-order valence-electron chi connectivity index (χ3n) is 3.94. The van der Waals surface area contributed by atoms with Gasteiger partial charge >= 0.3 is 7.12 Å². The maximum Gasteiger partial charge on any atom is 0.517 e. The number of nitrogens with zero attached hydrogens (tertiary/aromatic N) is 2. The van der Waals surface area contributed by atoms with Crippen LogP contribution in [0.2, 0.25) is 0 Å². The van der Waals surface area contributed by atoms with Gasteiger partial charge in [-0.1, -0.05) is 0 Å². The van der Waals surface area contributed by atoms with Crippen molar-refractivity contribution in [3.63, 3.8) is 0 Å². The first-order valence-corrected chi connectivity index (χ1v) is 6.60. The SMILES string of the molecule is CC1(C)OB(c2coc(-c3ccncc3)n2)OC1(C)C. The summed E-state index contributed by atoms with van der Waals surface area (Å²) in [5, 5.41) is 0. The maximum atomic E-state index is 5.94. The maximum absolute atomic E-state index is 5.94. The molecule has 0 unspecified atom stereocenters. The first kappa shape index (κ1) is 13.3. The zero-order valence-corrected chi connectivity index (χ0v) is 12.1. The molecule has 0 atom stereocenters. The summed E-state index contributed by atoms with van der Waals surface area (Å²) in [7, 11) is -0.501. The van der Waals surface area contributed by atoms with Gasteiger partial charge in [-0.15, -0.1) is 0 Å². The summed E-state index contributed by atoms with van der Waals surface area (Å²) in [6.45, 7) is 8.04.